The molecule has 1 aliphatic carbocycles. The summed E-state index contributed by atoms with van der Waals surface area (Å²) in [4.78, 5) is 2.68. The molecule has 2 unspecified atom stereocenters. The van der Waals surface area contributed by atoms with Crippen LogP contribution >= 0.6 is 0 Å². The molecule has 2 fully saturated rings. The highest BCUT2D eigenvalue weighted by Crippen LogP contribution is 2.29. The van der Waals surface area contributed by atoms with Crippen molar-refractivity contribution < 1.29 is 4.74 Å². The van der Waals surface area contributed by atoms with Crippen LogP contribution in [0, 0.1) is 5.41 Å². The molecular formula is C15H30N2O. The van der Waals surface area contributed by atoms with Gasteiger partial charge in [0.25, 0.3) is 0 Å². The van der Waals surface area contributed by atoms with E-state index in [4.69, 9.17) is 10.5 Å². The lowest BCUT2D eigenvalue weighted by atomic mass is 9.87. The van der Waals surface area contributed by atoms with Crippen molar-refractivity contribution in [3.8, 4) is 0 Å². The summed E-state index contributed by atoms with van der Waals surface area (Å²) in [5, 5.41) is 0. The molecular weight excluding hydrogens is 224 g/mol. The summed E-state index contributed by atoms with van der Waals surface area (Å²) in [6.07, 6.45) is 8.38. The Labute approximate surface area is 112 Å². The van der Waals surface area contributed by atoms with Crippen molar-refractivity contribution in [2.45, 2.75) is 64.5 Å². The Balaban J connectivity index is 1.77. The zero-order valence-electron chi connectivity index (χ0n) is 12.2. The number of rotatable bonds is 5. The number of nitrogens with two attached hydrogens (primary N) is 1. The van der Waals surface area contributed by atoms with Gasteiger partial charge in [0.05, 0.1) is 12.7 Å². The van der Waals surface area contributed by atoms with E-state index in [0.29, 0.717) is 17.6 Å². The van der Waals surface area contributed by atoms with Gasteiger partial charge in [0.15, 0.2) is 0 Å². The summed E-state index contributed by atoms with van der Waals surface area (Å²) in [6, 6.07) is 0.702. The molecule has 3 heteroatoms. The largest absolute Gasteiger partial charge is 0.375 e. The zero-order valence-corrected chi connectivity index (χ0v) is 12.2. The number of fused-ring (bicyclic) bond motifs is 1. The smallest absolute Gasteiger partial charge is 0.0730 e. The van der Waals surface area contributed by atoms with Crippen LogP contribution in [0.25, 0.3) is 0 Å². The van der Waals surface area contributed by atoms with Gasteiger partial charge in [-0.05, 0) is 44.2 Å². The molecule has 0 spiro atoms. The van der Waals surface area contributed by atoms with E-state index in [9.17, 15) is 0 Å². The minimum absolute atomic E-state index is 0.304. The Bertz CT molecular complexity index is 253. The van der Waals surface area contributed by atoms with E-state index in [-0.39, 0.29) is 0 Å². The fourth-order valence-corrected chi connectivity index (χ4v) is 3.32. The Morgan fingerprint density at radius 2 is 2.06 bits per heavy atom. The third kappa shape index (κ3) is 3.69. The SMILES string of the molecule is CC(C)(CN)CCCN1CCOC2CCCCC21. The normalized spacial score (nSPS) is 30.2. The van der Waals surface area contributed by atoms with E-state index < -0.39 is 0 Å². The predicted molar refractivity (Wildman–Crippen MR) is 75.6 cm³/mol. The second-order valence-corrected chi connectivity index (χ2v) is 6.77. The van der Waals surface area contributed by atoms with Crippen LogP contribution in [0.1, 0.15) is 52.4 Å². The molecule has 2 atom stereocenters. The molecule has 0 aromatic carbocycles. The third-order valence-electron chi connectivity index (χ3n) is 4.70. The van der Waals surface area contributed by atoms with Crippen molar-refractivity contribution in [3.63, 3.8) is 0 Å². The molecule has 1 saturated carbocycles. The van der Waals surface area contributed by atoms with E-state index >= 15 is 0 Å². The number of ether oxygens (including phenoxy) is 1. The van der Waals surface area contributed by atoms with E-state index in [1.165, 1.54) is 45.1 Å². The molecule has 0 aromatic rings. The fraction of sp³-hybridized carbons (Fsp3) is 1.00. The van der Waals surface area contributed by atoms with Gasteiger partial charge in [-0.1, -0.05) is 26.7 Å². The monoisotopic (exact) mass is 254 g/mol. The van der Waals surface area contributed by atoms with Crippen molar-refractivity contribution in [2.24, 2.45) is 11.1 Å². The van der Waals surface area contributed by atoms with Crippen LogP contribution in [-0.4, -0.2) is 43.3 Å². The first-order chi connectivity index (χ1) is 8.62. The quantitative estimate of drug-likeness (QED) is 0.819. The highest BCUT2D eigenvalue weighted by atomic mass is 16.5. The molecule has 0 aromatic heterocycles. The lowest BCUT2D eigenvalue weighted by molar-refractivity contribution is -0.0886. The van der Waals surface area contributed by atoms with E-state index in [1.807, 2.05) is 0 Å². The number of nitrogens with zero attached hydrogens (tertiary/aromatic N) is 1. The van der Waals surface area contributed by atoms with Crippen LogP contribution in [0.4, 0.5) is 0 Å². The molecule has 3 nitrogen and oxygen atoms in total. The number of hydrogen-bond donors (Lipinski definition) is 1. The van der Waals surface area contributed by atoms with Crippen LogP contribution in [0.5, 0.6) is 0 Å². The highest BCUT2D eigenvalue weighted by Gasteiger charge is 2.33. The number of hydrogen-bond acceptors (Lipinski definition) is 3. The molecule has 0 bridgehead atoms. The first kappa shape index (κ1) is 14.3. The van der Waals surface area contributed by atoms with Crippen molar-refractivity contribution in [2.75, 3.05) is 26.2 Å². The second-order valence-electron chi connectivity index (χ2n) is 6.77. The molecule has 1 aliphatic heterocycles. The summed E-state index contributed by atoms with van der Waals surface area (Å²) >= 11 is 0. The van der Waals surface area contributed by atoms with Gasteiger partial charge in [0, 0.05) is 12.6 Å². The van der Waals surface area contributed by atoms with Crippen molar-refractivity contribution in [1.82, 2.24) is 4.90 Å². The van der Waals surface area contributed by atoms with E-state index in [0.717, 1.165) is 19.7 Å². The van der Waals surface area contributed by atoms with Crippen LogP contribution in [0.15, 0.2) is 0 Å². The minimum Gasteiger partial charge on any atom is -0.375 e. The van der Waals surface area contributed by atoms with Gasteiger partial charge in [0.1, 0.15) is 0 Å². The minimum atomic E-state index is 0.304. The molecule has 0 amide bonds. The van der Waals surface area contributed by atoms with Crippen LogP contribution < -0.4 is 5.73 Å². The van der Waals surface area contributed by atoms with Crippen LogP contribution in [0.3, 0.4) is 0 Å². The van der Waals surface area contributed by atoms with Crippen LogP contribution in [-0.2, 0) is 4.74 Å². The molecule has 1 saturated heterocycles. The first-order valence-electron chi connectivity index (χ1n) is 7.68. The van der Waals surface area contributed by atoms with Gasteiger partial charge in [-0.3, -0.25) is 4.90 Å². The maximum Gasteiger partial charge on any atom is 0.0730 e. The van der Waals surface area contributed by atoms with Crippen molar-refractivity contribution in [3.05, 3.63) is 0 Å². The van der Waals surface area contributed by atoms with Gasteiger partial charge in [0.2, 0.25) is 0 Å². The van der Waals surface area contributed by atoms with Crippen molar-refractivity contribution >= 4 is 0 Å². The molecule has 2 N–H and O–H groups in total. The summed E-state index contributed by atoms with van der Waals surface area (Å²) in [5.74, 6) is 0. The maximum atomic E-state index is 5.92. The standard InChI is InChI=1S/C15H30N2O/c1-15(2,12-16)8-5-9-17-10-11-18-14-7-4-3-6-13(14)17/h13-14H,3-12,16H2,1-2H3. The average Bonchev–Trinajstić information content (AvgIpc) is 2.39. The predicted octanol–water partition coefficient (Wildman–Crippen LogP) is 2.39. The average molecular weight is 254 g/mol. The Hall–Kier alpha value is -0.120. The Morgan fingerprint density at radius 1 is 1.28 bits per heavy atom. The van der Waals surface area contributed by atoms with E-state index in [1.54, 1.807) is 0 Å². The molecule has 18 heavy (non-hydrogen) atoms. The van der Waals surface area contributed by atoms with Gasteiger partial charge in [-0.25, -0.2) is 0 Å². The fourth-order valence-electron chi connectivity index (χ4n) is 3.32. The van der Waals surface area contributed by atoms with Crippen molar-refractivity contribution in [1.29, 1.82) is 0 Å². The lowest BCUT2D eigenvalue weighted by Crippen LogP contribution is -2.52. The summed E-state index contributed by atoms with van der Waals surface area (Å²) in [7, 11) is 0. The van der Waals surface area contributed by atoms with Gasteiger partial charge >= 0.3 is 0 Å². The first-order valence-corrected chi connectivity index (χ1v) is 7.68. The second kappa shape index (κ2) is 6.36. The van der Waals surface area contributed by atoms with Gasteiger partial charge in [-0.2, -0.15) is 0 Å². The highest BCUT2D eigenvalue weighted by molar-refractivity contribution is 4.87. The maximum absolute atomic E-state index is 5.92. The van der Waals surface area contributed by atoms with Crippen LogP contribution in [0.2, 0.25) is 0 Å². The van der Waals surface area contributed by atoms with E-state index in [2.05, 4.69) is 18.7 Å². The Kier molecular flexibility index (Phi) is 5.05. The molecule has 2 aliphatic rings. The summed E-state index contributed by atoms with van der Waals surface area (Å²) < 4.78 is 5.92. The molecule has 1 heterocycles. The zero-order chi connectivity index (χ0) is 13.0. The summed E-state index contributed by atoms with van der Waals surface area (Å²) in [5.41, 5.74) is 6.10. The summed E-state index contributed by atoms with van der Waals surface area (Å²) in [6.45, 7) is 8.63. The van der Waals surface area contributed by atoms with Gasteiger partial charge < -0.3 is 10.5 Å². The Morgan fingerprint density at radius 3 is 2.83 bits per heavy atom. The third-order valence-corrected chi connectivity index (χ3v) is 4.70. The topological polar surface area (TPSA) is 38.5 Å². The van der Waals surface area contributed by atoms with Gasteiger partial charge in [-0.15, -0.1) is 0 Å². The molecule has 0 radical (unpaired) electrons. The lowest BCUT2D eigenvalue weighted by Gasteiger charge is -2.44. The molecule has 2 rings (SSSR count). The number of morpholine rings is 1. The molecule has 106 valence electrons.